The van der Waals surface area contributed by atoms with Crippen LogP contribution in [0.2, 0.25) is 0 Å². The number of esters is 3. The maximum absolute atomic E-state index is 12.8. The van der Waals surface area contributed by atoms with E-state index in [2.05, 4.69) is 81.5 Å². The Kier molecular flexibility index (Phi) is 60.2. The van der Waals surface area contributed by atoms with Gasteiger partial charge >= 0.3 is 17.9 Å². The number of hydrogen-bond acceptors (Lipinski definition) is 6. The Morgan fingerprint density at radius 1 is 0.270 bits per heavy atom. The number of unbranched alkanes of at least 4 members (excludes halogenated alkanes) is 38. The Hall–Kier alpha value is -2.89. The zero-order valence-corrected chi connectivity index (χ0v) is 49.4. The first-order valence-corrected chi connectivity index (χ1v) is 32.3. The van der Waals surface area contributed by atoms with E-state index in [1.165, 1.54) is 193 Å². The zero-order valence-electron chi connectivity index (χ0n) is 49.4. The predicted octanol–water partition coefficient (Wildman–Crippen LogP) is 21.9. The van der Waals surface area contributed by atoms with Gasteiger partial charge < -0.3 is 14.2 Å². The summed E-state index contributed by atoms with van der Waals surface area (Å²) in [4.78, 5) is 38.2. The van der Waals surface area contributed by atoms with Crippen molar-refractivity contribution in [1.29, 1.82) is 0 Å². The molecule has 0 saturated carbocycles. The summed E-state index contributed by atoms with van der Waals surface area (Å²) < 4.78 is 16.9. The molecular weight excluding hydrogens is 913 g/mol. The molecule has 0 saturated heterocycles. The third kappa shape index (κ3) is 60.0. The van der Waals surface area contributed by atoms with Crippen molar-refractivity contribution < 1.29 is 28.6 Å². The minimum Gasteiger partial charge on any atom is -0.462 e. The van der Waals surface area contributed by atoms with E-state index in [-0.39, 0.29) is 31.1 Å². The quantitative estimate of drug-likeness (QED) is 0.0261. The second-order valence-electron chi connectivity index (χ2n) is 21.7. The van der Waals surface area contributed by atoms with Crippen molar-refractivity contribution in [3.8, 4) is 0 Å². The number of carbonyl (C=O) groups excluding carboxylic acids is 3. The van der Waals surface area contributed by atoms with E-state index in [0.29, 0.717) is 19.3 Å². The van der Waals surface area contributed by atoms with E-state index in [0.717, 1.165) is 103 Å². The zero-order chi connectivity index (χ0) is 53.6. The summed E-state index contributed by atoms with van der Waals surface area (Å²) in [5, 5.41) is 0. The minimum atomic E-state index is -0.778. The summed E-state index contributed by atoms with van der Waals surface area (Å²) in [7, 11) is 0. The first-order chi connectivity index (χ1) is 36.5. The fourth-order valence-electron chi connectivity index (χ4n) is 9.37. The van der Waals surface area contributed by atoms with Crippen LogP contribution >= 0.6 is 0 Å². The Morgan fingerprint density at radius 3 is 0.811 bits per heavy atom. The third-order valence-corrected chi connectivity index (χ3v) is 14.2. The summed E-state index contributed by atoms with van der Waals surface area (Å²) in [5.41, 5.74) is 0. The first kappa shape index (κ1) is 71.1. The number of allylic oxidation sites excluding steroid dienone is 10. The number of hydrogen-bond donors (Lipinski definition) is 0. The molecule has 0 aromatic rings. The highest BCUT2D eigenvalue weighted by atomic mass is 16.6. The SMILES string of the molecule is CCC/C=C\C/C=C\CCCCCCCC(=O)OC(COC(=O)CCCCCCCCCCCCCC)COC(=O)CCCCCCCCCCCCCCCCCC/C=C\C/C=C\C/C=C\CCCCCCC. The molecule has 0 aromatic carbocycles. The second-order valence-corrected chi connectivity index (χ2v) is 21.7. The van der Waals surface area contributed by atoms with Crippen LogP contribution in [0.3, 0.4) is 0 Å². The average molecular weight is 1040 g/mol. The Labute approximate surface area is 460 Å². The van der Waals surface area contributed by atoms with Gasteiger partial charge in [0.1, 0.15) is 13.2 Å². The minimum absolute atomic E-state index is 0.0758. The molecule has 0 aliphatic rings. The lowest BCUT2D eigenvalue weighted by molar-refractivity contribution is -0.167. The maximum atomic E-state index is 12.8. The van der Waals surface area contributed by atoms with Crippen LogP contribution in [0.5, 0.6) is 0 Å². The molecule has 0 N–H and O–H groups in total. The van der Waals surface area contributed by atoms with E-state index in [9.17, 15) is 14.4 Å². The lowest BCUT2D eigenvalue weighted by Gasteiger charge is -2.18. The largest absolute Gasteiger partial charge is 0.462 e. The number of rotatable bonds is 59. The molecular formula is C68H122O6. The van der Waals surface area contributed by atoms with Gasteiger partial charge in [-0.15, -0.1) is 0 Å². The summed E-state index contributed by atoms with van der Waals surface area (Å²) in [5.74, 6) is -0.875. The van der Waals surface area contributed by atoms with Gasteiger partial charge in [-0.3, -0.25) is 14.4 Å². The van der Waals surface area contributed by atoms with Gasteiger partial charge in [0, 0.05) is 19.3 Å². The van der Waals surface area contributed by atoms with E-state index >= 15 is 0 Å². The van der Waals surface area contributed by atoms with E-state index in [1.807, 2.05) is 0 Å². The topological polar surface area (TPSA) is 78.9 Å². The van der Waals surface area contributed by atoms with Crippen molar-refractivity contribution in [2.75, 3.05) is 13.2 Å². The molecule has 0 aromatic heterocycles. The molecule has 6 nitrogen and oxygen atoms in total. The Balaban J connectivity index is 4.12. The van der Waals surface area contributed by atoms with Crippen molar-refractivity contribution in [2.45, 2.75) is 341 Å². The molecule has 430 valence electrons. The van der Waals surface area contributed by atoms with Crippen LogP contribution in [0.4, 0.5) is 0 Å². The molecule has 1 unspecified atom stereocenters. The Morgan fingerprint density at radius 2 is 0.514 bits per heavy atom. The maximum Gasteiger partial charge on any atom is 0.306 e. The number of carbonyl (C=O) groups is 3. The van der Waals surface area contributed by atoms with Gasteiger partial charge in [0.05, 0.1) is 0 Å². The summed E-state index contributed by atoms with van der Waals surface area (Å²) in [6.45, 7) is 6.58. The van der Waals surface area contributed by atoms with Gasteiger partial charge in [-0.2, -0.15) is 0 Å². The molecule has 1 atom stereocenters. The van der Waals surface area contributed by atoms with Crippen molar-refractivity contribution in [1.82, 2.24) is 0 Å². The molecule has 0 fully saturated rings. The van der Waals surface area contributed by atoms with Crippen molar-refractivity contribution >= 4 is 17.9 Å². The average Bonchev–Trinajstić information content (AvgIpc) is 3.40. The number of ether oxygens (including phenoxy) is 3. The molecule has 0 spiro atoms. The monoisotopic (exact) mass is 1030 g/mol. The summed E-state index contributed by atoms with van der Waals surface area (Å²) in [6.07, 6.45) is 79.6. The van der Waals surface area contributed by atoms with Gasteiger partial charge in [-0.1, -0.05) is 293 Å². The Bertz CT molecular complexity index is 1330. The van der Waals surface area contributed by atoms with E-state index in [4.69, 9.17) is 14.2 Å². The van der Waals surface area contributed by atoms with Gasteiger partial charge in [0.15, 0.2) is 6.10 Å². The molecule has 74 heavy (non-hydrogen) atoms. The van der Waals surface area contributed by atoms with Crippen LogP contribution in [0, 0.1) is 0 Å². The third-order valence-electron chi connectivity index (χ3n) is 14.2. The molecule has 0 aliphatic carbocycles. The van der Waals surface area contributed by atoms with Crippen molar-refractivity contribution in [2.24, 2.45) is 0 Å². The molecule has 0 amide bonds. The molecule has 0 rings (SSSR count). The van der Waals surface area contributed by atoms with Crippen LogP contribution in [-0.4, -0.2) is 37.2 Å². The highest BCUT2D eigenvalue weighted by molar-refractivity contribution is 5.71. The van der Waals surface area contributed by atoms with Crippen molar-refractivity contribution in [3.05, 3.63) is 60.8 Å². The van der Waals surface area contributed by atoms with Crippen molar-refractivity contribution in [3.63, 3.8) is 0 Å². The highest BCUT2D eigenvalue weighted by Gasteiger charge is 2.19. The van der Waals surface area contributed by atoms with Crippen LogP contribution in [0.25, 0.3) is 0 Å². The molecule has 6 heteroatoms. The lowest BCUT2D eigenvalue weighted by Crippen LogP contribution is -2.30. The van der Waals surface area contributed by atoms with Gasteiger partial charge in [-0.25, -0.2) is 0 Å². The van der Waals surface area contributed by atoms with E-state index in [1.54, 1.807) is 0 Å². The fraction of sp³-hybridized carbons (Fsp3) is 0.809. The van der Waals surface area contributed by atoms with Gasteiger partial charge in [0.25, 0.3) is 0 Å². The van der Waals surface area contributed by atoms with Gasteiger partial charge in [-0.05, 0) is 83.5 Å². The first-order valence-electron chi connectivity index (χ1n) is 32.3. The van der Waals surface area contributed by atoms with Crippen LogP contribution < -0.4 is 0 Å². The van der Waals surface area contributed by atoms with Crippen LogP contribution in [-0.2, 0) is 28.6 Å². The second kappa shape index (κ2) is 62.6. The molecule has 0 aliphatic heterocycles. The molecule has 0 radical (unpaired) electrons. The standard InChI is InChI=1S/C68H122O6/c1-4-7-10-13-16-19-22-25-26-27-28-29-30-31-32-33-34-35-36-37-38-39-40-41-42-44-46-49-52-55-58-61-67(70)73-64-65(63-72-66(69)60-57-54-51-48-45-24-21-18-15-12-9-6-3)74-68(71)62-59-56-53-50-47-43-23-20-17-14-11-8-5-2/h11,14,20,22-23,25,27-28,30-31,65H,4-10,12-13,15-19,21,24,26,29,32-64H2,1-3H3/b14-11-,23-20-,25-22-,28-27-,31-30-. The summed E-state index contributed by atoms with van der Waals surface area (Å²) >= 11 is 0. The van der Waals surface area contributed by atoms with E-state index < -0.39 is 6.10 Å². The highest BCUT2D eigenvalue weighted by Crippen LogP contribution is 2.17. The van der Waals surface area contributed by atoms with Crippen LogP contribution in [0.1, 0.15) is 335 Å². The van der Waals surface area contributed by atoms with Gasteiger partial charge in [0.2, 0.25) is 0 Å². The molecule has 0 bridgehead atoms. The fourth-order valence-corrected chi connectivity index (χ4v) is 9.37. The lowest BCUT2D eigenvalue weighted by atomic mass is 10.0. The molecule has 0 heterocycles. The smallest absolute Gasteiger partial charge is 0.306 e. The van der Waals surface area contributed by atoms with Crippen LogP contribution in [0.15, 0.2) is 60.8 Å². The summed E-state index contributed by atoms with van der Waals surface area (Å²) in [6, 6.07) is 0. The normalized spacial score (nSPS) is 12.4. The predicted molar refractivity (Wildman–Crippen MR) is 321 cm³/mol.